The van der Waals surface area contributed by atoms with Crippen LogP contribution in [0.1, 0.15) is 49.1 Å². The van der Waals surface area contributed by atoms with Gasteiger partial charge in [-0.1, -0.05) is 67.6 Å². The average Bonchev–Trinajstić information content (AvgIpc) is 2.56. The summed E-state index contributed by atoms with van der Waals surface area (Å²) in [4.78, 5) is 23.3. The first kappa shape index (κ1) is 16.2. The summed E-state index contributed by atoms with van der Waals surface area (Å²) in [5.74, 6) is 0.419. The summed E-state index contributed by atoms with van der Waals surface area (Å²) in [7, 11) is 0. The first-order chi connectivity index (χ1) is 10.7. The molecule has 0 radical (unpaired) electrons. The highest BCUT2D eigenvalue weighted by Gasteiger charge is 2.18. The van der Waals surface area contributed by atoms with Crippen molar-refractivity contribution in [1.82, 2.24) is 0 Å². The number of carbonyl (C=O) groups is 2. The van der Waals surface area contributed by atoms with Crippen LogP contribution in [0.4, 0.5) is 0 Å². The van der Waals surface area contributed by atoms with Crippen molar-refractivity contribution in [2.45, 2.75) is 38.0 Å². The largest absolute Gasteiger partial charge is 0.303 e. The number of hydrogen-bond acceptors (Lipinski definition) is 2. The Morgan fingerprint density at radius 3 is 2.00 bits per heavy atom. The molecule has 0 N–H and O–H groups in total. The molecule has 0 spiro atoms. The zero-order chi connectivity index (χ0) is 15.8. The summed E-state index contributed by atoms with van der Waals surface area (Å²) < 4.78 is 0. The van der Waals surface area contributed by atoms with Gasteiger partial charge in [0.05, 0.1) is 0 Å². The van der Waals surface area contributed by atoms with Gasteiger partial charge in [-0.2, -0.15) is 0 Å². The van der Waals surface area contributed by atoms with Crippen LogP contribution in [0.15, 0.2) is 60.7 Å². The van der Waals surface area contributed by atoms with Crippen LogP contribution in [0, 0.1) is 0 Å². The number of hydrogen-bond donors (Lipinski definition) is 0. The van der Waals surface area contributed by atoms with Crippen molar-refractivity contribution in [2.24, 2.45) is 0 Å². The minimum absolute atomic E-state index is 0.00540. The Kier molecular flexibility index (Phi) is 6.08. The molecule has 2 rings (SSSR count). The van der Waals surface area contributed by atoms with Gasteiger partial charge in [0.15, 0.2) is 0 Å². The van der Waals surface area contributed by atoms with Crippen molar-refractivity contribution in [1.29, 1.82) is 0 Å². The maximum atomic E-state index is 12.4. The van der Waals surface area contributed by atoms with Gasteiger partial charge in [0.1, 0.15) is 12.1 Å². The molecule has 22 heavy (non-hydrogen) atoms. The number of ketones is 1. The van der Waals surface area contributed by atoms with Crippen LogP contribution in [0.3, 0.4) is 0 Å². The van der Waals surface area contributed by atoms with Crippen LogP contribution in [0.25, 0.3) is 0 Å². The number of carbonyl (C=O) groups excluding carboxylic acids is 2. The maximum absolute atomic E-state index is 12.4. The second-order valence-electron chi connectivity index (χ2n) is 5.77. The van der Waals surface area contributed by atoms with Gasteiger partial charge in [-0.25, -0.2) is 0 Å². The monoisotopic (exact) mass is 294 g/mol. The van der Waals surface area contributed by atoms with Gasteiger partial charge in [0.25, 0.3) is 0 Å². The van der Waals surface area contributed by atoms with E-state index in [9.17, 15) is 9.59 Å². The van der Waals surface area contributed by atoms with Crippen LogP contribution in [0.5, 0.6) is 0 Å². The average molecular weight is 294 g/mol. The van der Waals surface area contributed by atoms with Crippen molar-refractivity contribution in [3.63, 3.8) is 0 Å². The minimum atomic E-state index is -0.00540. The Balaban J connectivity index is 1.98. The fourth-order valence-corrected chi connectivity index (χ4v) is 2.78. The van der Waals surface area contributed by atoms with E-state index in [0.29, 0.717) is 19.3 Å². The third kappa shape index (κ3) is 4.66. The molecule has 0 saturated heterocycles. The summed E-state index contributed by atoms with van der Waals surface area (Å²) in [5, 5.41) is 0. The molecule has 0 bridgehead atoms. The summed E-state index contributed by atoms with van der Waals surface area (Å²) in [6, 6.07) is 19.9. The highest BCUT2D eigenvalue weighted by atomic mass is 16.1. The SMILES string of the molecule is CC(CC(=O)CC(CC=O)c1ccccc1)c1ccccc1. The number of rotatable bonds is 8. The predicted molar refractivity (Wildman–Crippen MR) is 89.0 cm³/mol. The molecule has 0 aliphatic rings. The third-order valence-electron chi connectivity index (χ3n) is 4.03. The van der Waals surface area contributed by atoms with Gasteiger partial charge >= 0.3 is 0 Å². The van der Waals surface area contributed by atoms with Crippen LogP contribution < -0.4 is 0 Å². The minimum Gasteiger partial charge on any atom is -0.303 e. The lowest BCUT2D eigenvalue weighted by Gasteiger charge is -2.16. The van der Waals surface area contributed by atoms with Crippen molar-refractivity contribution >= 4 is 12.1 Å². The van der Waals surface area contributed by atoms with Gasteiger partial charge < -0.3 is 4.79 Å². The maximum Gasteiger partial charge on any atom is 0.134 e. The lowest BCUT2D eigenvalue weighted by molar-refractivity contribution is -0.119. The topological polar surface area (TPSA) is 34.1 Å². The smallest absolute Gasteiger partial charge is 0.134 e. The van der Waals surface area contributed by atoms with Crippen molar-refractivity contribution in [3.05, 3.63) is 71.8 Å². The molecule has 0 amide bonds. The molecule has 0 saturated carbocycles. The number of aldehydes is 1. The molecule has 2 unspecified atom stereocenters. The van der Waals surface area contributed by atoms with Gasteiger partial charge in [-0.05, 0) is 23.0 Å². The second kappa shape index (κ2) is 8.28. The van der Waals surface area contributed by atoms with E-state index in [1.807, 2.05) is 48.5 Å². The highest BCUT2D eigenvalue weighted by molar-refractivity contribution is 5.80. The molecule has 0 aliphatic heterocycles. The molecule has 2 nitrogen and oxygen atoms in total. The molecule has 2 aromatic rings. The third-order valence-corrected chi connectivity index (χ3v) is 4.03. The lowest BCUT2D eigenvalue weighted by Crippen LogP contribution is -2.10. The van der Waals surface area contributed by atoms with E-state index in [1.54, 1.807) is 0 Å². The zero-order valence-electron chi connectivity index (χ0n) is 12.9. The van der Waals surface area contributed by atoms with Crippen molar-refractivity contribution in [2.75, 3.05) is 0 Å². The van der Waals surface area contributed by atoms with Crippen LogP contribution >= 0.6 is 0 Å². The van der Waals surface area contributed by atoms with Crippen molar-refractivity contribution < 1.29 is 9.59 Å². The summed E-state index contributed by atoms with van der Waals surface area (Å²) in [6.07, 6.45) is 2.26. The Morgan fingerprint density at radius 1 is 0.909 bits per heavy atom. The molecular weight excluding hydrogens is 272 g/mol. The molecule has 114 valence electrons. The highest BCUT2D eigenvalue weighted by Crippen LogP contribution is 2.26. The summed E-state index contributed by atoms with van der Waals surface area (Å²) >= 11 is 0. The summed E-state index contributed by atoms with van der Waals surface area (Å²) in [6.45, 7) is 2.07. The van der Waals surface area contributed by atoms with E-state index in [-0.39, 0.29) is 17.6 Å². The first-order valence-corrected chi connectivity index (χ1v) is 7.76. The molecule has 2 atom stereocenters. The molecule has 0 fully saturated rings. The van der Waals surface area contributed by atoms with E-state index in [0.717, 1.165) is 11.8 Å². The van der Waals surface area contributed by atoms with E-state index < -0.39 is 0 Å². The Labute approximate surface area is 132 Å². The number of benzene rings is 2. The van der Waals surface area contributed by atoms with Crippen LogP contribution in [-0.4, -0.2) is 12.1 Å². The fraction of sp³-hybridized carbons (Fsp3) is 0.300. The van der Waals surface area contributed by atoms with Crippen LogP contribution in [-0.2, 0) is 9.59 Å². The normalized spacial score (nSPS) is 13.3. The van der Waals surface area contributed by atoms with Gasteiger partial charge in [0.2, 0.25) is 0 Å². The molecule has 2 heteroatoms. The zero-order valence-corrected chi connectivity index (χ0v) is 12.9. The Hall–Kier alpha value is -2.22. The standard InChI is InChI=1S/C20H22O2/c1-16(17-8-4-2-5-9-17)14-20(22)15-19(12-13-21)18-10-6-3-7-11-18/h2-11,13,16,19H,12,14-15H2,1H3. The lowest BCUT2D eigenvalue weighted by atomic mass is 9.87. The van der Waals surface area contributed by atoms with Crippen molar-refractivity contribution in [3.8, 4) is 0 Å². The Morgan fingerprint density at radius 2 is 1.45 bits per heavy atom. The summed E-state index contributed by atoms with van der Waals surface area (Å²) in [5.41, 5.74) is 2.25. The van der Waals surface area contributed by atoms with E-state index in [4.69, 9.17) is 0 Å². The quantitative estimate of drug-likeness (QED) is 0.671. The second-order valence-corrected chi connectivity index (χ2v) is 5.77. The Bertz CT molecular complexity index is 590. The molecule has 0 aromatic heterocycles. The number of Topliss-reactive ketones (excluding diaryl/α,β-unsaturated/α-hetero) is 1. The molecule has 2 aromatic carbocycles. The predicted octanol–water partition coefficient (Wildman–Crippen LogP) is 4.51. The molecule has 0 heterocycles. The van der Waals surface area contributed by atoms with Gasteiger partial charge in [-0.15, -0.1) is 0 Å². The fourth-order valence-electron chi connectivity index (χ4n) is 2.78. The van der Waals surface area contributed by atoms with E-state index in [1.165, 1.54) is 5.56 Å². The van der Waals surface area contributed by atoms with E-state index in [2.05, 4.69) is 19.1 Å². The molecule has 0 aliphatic carbocycles. The van der Waals surface area contributed by atoms with Crippen LogP contribution in [0.2, 0.25) is 0 Å². The van der Waals surface area contributed by atoms with Gasteiger partial charge in [0, 0.05) is 19.3 Å². The van der Waals surface area contributed by atoms with E-state index >= 15 is 0 Å². The van der Waals surface area contributed by atoms with Gasteiger partial charge in [-0.3, -0.25) is 4.79 Å². The molecular formula is C20H22O2. The first-order valence-electron chi connectivity index (χ1n) is 7.76.